The molecule has 1 aromatic carbocycles. The van der Waals surface area contributed by atoms with E-state index < -0.39 is 0 Å². The van der Waals surface area contributed by atoms with E-state index in [9.17, 15) is 0 Å². The number of para-hydroxylation sites is 1. The van der Waals surface area contributed by atoms with Crippen LogP contribution >= 0.6 is 0 Å². The Morgan fingerprint density at radius 2 is 2.06 bits per heavy atom. The van der Waals surface area contributed by atoms with Crippen LogP contribution in [0.4, 0.5) is 0 Å². The van der Waals surface area contributed by atoms with Gasteiger partial charge >= 0.3 is 0 Å². The van der Waals surface area contributed by atoms with E-state index in [1.807, 2.05) is 0 Å². The van der Waals surface area contributed by atoms with Crippen LogP contribution in [-0.4, -0.2) is 19.7 Å². The van der Waals surface area contributed by atoms with Crippen LogP contribution in [0, 0.1) is 5.92 Å². The molecule has 1 saturated carbocycles. The van der Waals surface area contributed by atoms with Gasteiger partial charge in [0.1, 0.15) is 5.75 Å². The Balaban J connectivity index is 1.44. The lowest BCUT2D eigenvalue weighted by atomic mass is 9.93. The van der Waals surface area contributed by atoms with Crippen LogP contribution in [0.25, 0.3) is 0 Å². The van der Waals surface area contributed by atoms with Gasteiger partial charge in [0.2, 0.25) is 0 Å². The lowest BCUT2D eigenvalue weighted by Crippen LogP contribution is -2.26. The first-order valence-electron chi connectivity index (χ1n) is 7.36. The molecule has 1 fully saturated rings. The topological polar surface area (TPSA) is 21.3 Å². The quantitative estimate of drug-likeness (QED) is 0.776. The van der Waals surface area contributed by atoms with E-state index in [4.69, 9.17) is 4.74 Å². The second-order valence-electron chi connectivity index (χ2n) is 5.66. The van der Waals surface area contributed by atoms with Crippen LogP contribution in [0.5, 0.6) is 5.75 Å². The number of nitrogens with one attached hydrogen (secondary N) is 1. The number of benzene rings is 1. The average Bonchev–Trinajstić information content (AvgIpc) is 3.23. The maximum absolute atomic E-state index is 5.69. The van der Waals surface area contributed by atoms with Crippen LogP contribution in [0.2, 0.25) is 0 Å². The highest BCUT2D eigenvalue weighted by Crippen LogP contribution is 2.34. The molecule has 1 unspecified atom stereocenters. The van der Waals surface area contributed by atoms with Crippen molar-refractivity contribution < 1.29 is 4.74 Å². The molecule has 18 heavy (non-hydrogen) atoms. The van der Waals surface area contributed by atoms with Crippen molar-refractivity contribution in [1.82, 2.24) is 5.32 Å². The largest absolute Gasteiger partial charge is 0.493 e. The molecule has 0 bridgehead atoms. The molecule has 1 aromatic rings. The summed E-state index contributed by atoms with van der Waals surface area (Å²) in [5, 5.41) is 3.62. The Bertz CT molecular complexity index is 386. The van der Waals surface area contributed by atoms with E-state index in [1.54, 1.807) is 0 Å². The third kappa shape index (κ3) is 3.05. The van der Waals surface area contributed by atoms with Gasteiger partial charge in [-0.2, -0.15) is 0 Å². The van der Waals surface area contributed by atoms with Crippen molar-refractivity contribution in [1.29, 1.82) is 0 Å². The van der Waals surface area contributed by atoms with E-state index in [1.165, 1.54) is 37.8 Å². The molecule has 1 aliphatic carbocycles. The minimum Gasteiger partial charge on any atom is -0.493 e. The zero-order valence-corrected chi connectivity index (χ0v) is 11.0. The number of ether oxygens (including phenoxy) is 1. The molecule has 3 rings (SSSR count). The zero-order valence-electron chi connectivity index (χ0n) is 11.0. The van der Waals surface area contributed by atoms with Crippen LogP contribution in [0.1, 0.15) is 43.6 Å². The Kier molecular flexibility index (Phi) is 3.84. The van der Waals surface area contributed by atoms with Gasteiger partial charge in [0, 0.05) is 12.5 Å². The summed E-state index contributed by atoms with van der Waals surface area (Å²) in [5.74, 6) is 2.79. The van der Waals surface area contributed by atoms with Gasteiger partial charge in [0.15, 0.2) is 0 Å². The number of hydrogen-bond acceptors (Lipinski definition) is 2. The maximum atomic E-state index is 5.69. The van der Waals surface area contributed by atoms with Crippen molar-refractivity contribution in [2.75, 3.05) is 19.7 Å². The van der Waals surface area contributed by atoms with Crippen LogP contribution in [0.15, 0.2) is 24.3 Å². The Labute approximate surface area is 110 Å². The molecular formula is C16H23NO. The summed E-state index contributed by atoms with van der Waals surface area (Å²) in [6.07, 6.45) is 6.88. The normalized spacial score (nSPS) is 22.3. The molecule has 0 aromatic heterocycles. The second-order valence-corrected chi connectivity index (χ2v) is 5.66. The molecule has 1 aliphatic heterocycles. The van der Waals surface area contributed by atoms with E-state index >= 15 is 0 Å². The molecule has 1 atom stereocenters. The number of fused-ring (bicyclic) bond motifs is 1. The van der Waals surface area contributed by atoms with Gasteiger partial charge in [0.05, 0.1) is 6.61 Å². The molecule has 0 saturated heterocycles. The van der Waals surface area contributed by atoms with Crippen LogP contribution in [-0.2, 0) is 0 Å². The molecular weight excluding hydrogens is 222 g/mol. The fraction of sp³-hybridized carbons (Fsp3) is 0.625. The summed E-state index contributed by atoms with van der Waals surface area (Å²) in [7, 11) is 0. The van der Waals surface area contributed by atoms with Gasteiger partial charge in [-0.3, -0.25) is 0 Å². The average molecular weight is 245 g/mol. The third-order valence-electron chi connectivity index (χ3n) is 4.14. The lowest BCUT2D eigenvalue weighted by molar-refractivity contribution is 0.264. The highest BCUT2D eigenvalue weighted by Gasteiger charge is 2.21. The van der Waals surface area contributed by atoms with Crippen molar-refractivity contribution in [3.8, 4) is 5.75 Å². The van der Waals surface area contributed by atoms with E-state index in [2.05, 4.69) is 29.6 Å². The SMILES string of the molecule is c1ccc2c(c1)OCCC2CNCCCC1CC1. The molecule has 0 spiro atoms. The first kappa shape index (κ1) is 12.0. The molecule has 1 heterocycles. The Morgan fingerprint density at radius 3 is 2.94 bits per heavy atom. The van der Waals surface area contributed by atoms with Crippen molar-refractivity contribution >= 4 is 0 Å². The third-order valence-corrected chi connectivity index (χ3v) is 4.14. The first-order chi connectivity index (χ1) is 8.93. The standard InChI is InChI=1S/C16H23NO/c1-2-6-16-15(5-1)14(9-11-18-16)12-17-10-3-4-13-7-8-13/h1-2,5-6,13-14,17H,3-4,7-12H2. The predicted molar refractivity (Wildman–Crippen MR) is 74.1 cm³/mol. The highest BCUT2D eigenvalue weighted by molar-refractivity contribution is 5.37. The molecule has 0 amide bonds. The predicted octanol–water partition coefficient (Wildman–Crippen LogP) is 3.33. The van der Waals surface area contributed by atoms with Gasteiger partial charge in [-0.15, -0.1) is 0 Å². The van der Waals surface area contributed by atoms with Gasteiger partial charge in [-0.1, -0.05) is 31.0 Å². The summed E-state index contributed by atoms with van der Waals surface area (Å²) in [6.45, 7) is 3.15. The van der Waals surface area contributed by atoms with Crippen molar-refractivity contribution in [2.24, 2.45) is 5.92 Å². The second kappa shape index (κ2) is 5.75. The molecule has 2 aliphatic rings. The van der Waals surface area contributed by atoms with Gasteiger partial charge < -0.3 is 10.1 Å². The first-order valence-corrected chi connectivity index (χ1v) is 7.36. The Morgan fingerprint density at radius 1 is 1.17 bits per heavy atom. The molecule has 2 heteroatoms. The minimum absolute atomic E-state index is 0.635. The molecule has 1 N–H and O–H groups in total. The summed E-state index contributed by atoms with van der Waals surface area (Å²) in [4.78, 5) is 0. The van der Waals surface area contributed by atoms with Gasteiger partial charge in [-0.05, 0) is 43.4 Å². The van der Waals surface area contributed by atoms with Gasteiger partial charge in [-0.25, -0.2) is 0 Å². The van der Waals surface area contributed by atoms with Gasteiger partial charge in [0.25, 0.3) is 0 Å². The van der Waals surface area contributed by atoms with Crippen LogP contribution in [0.3, 0.4) is 0 Å². The number of rotatable bonds is 6. The van der Waals surface area contributed by atoms with Crippen molar-refractivity contribution in [3.05, 3.63) is 29.8 Å². The molecule has 2 nitrogen and oxygen atoms in total. The molecule has 0 radical (unpaired) electrons. The smallest absolute Gasteiger partial charge is 0.122 e. The summed E-state index contributed by atoms with van der Waals surface area (Å²) < 4.78 is 5.69. The van der Waals surface area contributed by atoms with Crippen molar-refractivity contribution in [2.45, 2.75) is 38.0 Å². The van der Waals surface area contributed by atoms with Crippen LogP contribution < -0.4 is 10.1 Å². The summed E-state index contributed by atoms with van der Waals surface area (Å²) in [5.41, 5.74) is 1.39. The lowest BCUT2D eigenvalue weighted by Gasteiger charge is -2.26. The summed E-state index contributed by atoms with van der Waals surface area (Å²) in [6, 6.07) is 8.48. The van der Waals surface area contributed by atoms with E-state index in [0.717, 1.165) is 31.2 Å². The molecule has 98 valence electrons. The van der Waals surface area contributed by atoms with E-state index in [-0.39, 0.29) is 0 Å². The zero-order chi connectivity index (χ0) is 12.2. The Hall–Kier alpha value is -1.02. The van der Waals surface area contributed by atoms with E-state index in [0.29, 0.717) is 5.92 Å². The fourth-order valence-corrected chi connectivity index (χ4v) is 2.83. The summed E-state index contributed by atoms with van der Waals surface area (Å²) >= 11 is 0. The fourth-order valence-electron chi connectivity index (χ4n) is 2.83. The number of hydrogen-bond donors (Lipinski definition) is 1. The minimum atomic E-state index is 0.635. The maximum Gasteiger partial charge on any atom is 0.122 e. The highest BCUT2D eigenvalue weighted by atomic mass is 16.5. The monoisotopic (exact) mass is 245 g/mol. The van der Waals surface area contributed by atoms with Crippen molar-refractivity contribution in [3.63, 3.8) is 0 Å².